The first-order valence-corrected chi connectivity index (χ1v) is 10.8. The van der Waals surface area contributed by atoms with Crippen molar-refractivity contribution in [3.8, 4) is 0 Å². The number of nitrogens with zero attached hydrogens (tertiary/aromatic N) is 3. The van der Waals surface area contributed by atoms with E-state index in [1.54, 1.807) is 17.4 Å². The minimum Gasteiger partial charge on any atom is -0.339 e. The predicted octanol–water partition coefficient (Wildman–Crippen LogP) is 3.33. The van der Waals surface area contributed by atoms with E-state index in [2.05, 4.69) is 27.7 Å². The molecule has 2 aliphatic rings. The average Bonchev–Trinajstić information content (AvgIpc) is 3.42. The number of urea groups is 1. The Balaban J connectivity index is 1.30. The number of piperazine rings is 1. The summed E-state index contributed by atoms with van der Waals surface area (Å²) in [5, 5.41) is 5.06. The number of anilines is 1. The van der Waals surface area contributed by atoms with Crippen molar-refractivity contribution in [1.82, 2.24) is 14.7 Å². The maximum atomic E-state index is 12.6. The number of carbonyl (C=O) groups excluding carboxylic acids is 2. The smallest absolute Gasteiger partial charge is 0.321 e. The Bertz CT molecular complexity index is 810. The van der Waals surface area contributed by atoms with Crippen LogP contribution in [0.5, 0.6) is 0 Å². The van der Waals surface area contributed by atoms with Crippen LogP contribution in [0.15, 0.2) is 41.8 Å². The summed E-state index contributed by atoms with van der Waals surface area (Å²) in [6.45, 7) is 5.77. The van der Waals surface area contributed by atoms with E-state index >= 15 is 0 Å². The molecular formula is C21H26N4O2S. The molecule has 3 heterocycles. The number of hydrogen-bond donors (Lipinski definition) is 1. The Morgan fingerprint density at radius 3 is 2.43 bits per heavy atom. The highest BCUT2D eigenvalue weighted by Crippen LogP contribution is 2.18. The maximum absolute atomic E-state index is 12.6. The molecule has 3 amide bonds. The normalized spacial score (nSPS) is 17.7. The third-order valence-electron chi connectivity index (χ3n) is 5.37. The number of benzene rings is 1. The fourth-order valence-electron chi connectivity index (χ4n) is 3.77. The van der Waals surface area contributed by atoms with Gasteiger partial charge >= 0.3 is 6.03 Å². The number of amides is 3. The van der Waals surface area contributed by atoms with Crippen molar-refractivity contribution in [1.29, 1.82) is 0 Å². The van der Waals surface area contributed by atoms with Crippen LogP contribution in [0.1, 0.15) is 28.1 Å². The van der Waals surface area contributed by atoms with Gasteiger partial charge in [0.15, 0.2) is 0 Å². The zero-order valence-electron chi connectivity index (χ0n) is 16.0. The molecule has 4 rings (SSSR count). The van der Waals surface area contributed by atoms with Crippen molar-refractivity contribution < 1.29 is 9.59 Å². The van der Waals surface area contributed by atoms with Crippen LogP contribution < -0.4 is 5.32 Å². The lowest BCUT2D eigenvalue weighted by Crippen LogP contribution is -2.49. The van der Waals surface area contributed by atoms with Gasteiger partial charge in [-0.3, -0.25) is 9.69 Å². The van der Waals surface area contributed by atoms with Crippen molar-refractivity contribution in [3.63, 3.8) is 0 Å². The van der Waals surface area contributed by atoms with Gasteiger partial charge in [-0.25, -0.2) is 4.79 Å². The largest absolute Gasteiger partial charge is 0.339 e. The van der Waals surface area contributed by atoms with Crippen molar-refractivity contribution in [2.75, 3.05) is 44.6 Å². The predicted molar refractivity (Wildman–Crippen MR) is 112 cm³/mol. The molecule has 28 heavy (non-hydrogen) atoms. The van der Waals surface area contributed by atoms with Crippen LogP contribution in [0.4, 0.5) is 10.5 Å². The van der Waals surface area contributed by atoms with Gasteiger partial charge in [0.25, 0.3) is 5.91 Å². The molecule has 2 saturated heterocycles. The zero-order chi connectivity index (χ0) is 19.3. The van der Waals surface area contributed by atoms with Crippen molar-refractivity contribution in [3.05, 3.63) is 52.2 Å². The van der Waals surface area contributed by atoms with Crippen molar-refractivity contribution in [2.24, 2.45) is 0 Å². The van der Waals surface area contributed by atoms with E-state index in [0.29, 0.717) is 24.3 Å². The van der Waals surface area contributed by atoms with Crippen LogP contribution in [0, 0.1) is 0 Å². The van der Waals surface area contributed by atoms with Crippen LogP contribution in [0.25, 0.3) is 0 Å². The SMILES string of the molecule is O=C(Nc1cccc(C(=O)N2CCCC2)c1)N1CCN(Cc2cccs2)CC1. The lowest BCUT2D eigenvalue weighted by molar-refractivity contribution is 0.0793. The van der Waals surface area contributed by atoms with Gasteiger partial charge in [0.05, 0.1) is 0 Å². The van der Waals surface area contributed by atoms with E-state index in [9.17, 15) is 9.59 Å². The first-order valence-electron chi connectivity index (χ1n) is 9.89. The van der Waals surface area contributed by atoms with Gasteiger partial charge in [0.2, 0.25) is 0 Å². The summed E-state index contributed by atoms with van der Waals surface area (Å²) in [6, 6.07) is 11.4. The standard InChI is InChI=1S/C21H26N4O2S/c26-20(24-8-1-2-9-24)17-5-3-6-18(15-17)22-21(27)25-12-10-23(11-13-25)16-19-7-4-14-28-19/h3-7,14-15H,1-2,8-13,16H2,(H,22,27). The minimum absolute atomic E-state index is 0.0517. The molecule has 0 bridgehead atoms. The topological polar surface area (TPSA) is 55.9 Å². The molecule has 7 heteroatoms. The summed E-state index contributed by atoms with van der Waals surface area (Å²) in [5.74, 6) is 0.0517. The number of rotatable bonds is 4. The molecule has 0 radical (unpaired) electrons. The second kappa shape index (κ2) is 8.75. The molecule has 2 aliphatic heterocycles. The Labute approximate surface area is 169 Å². The second-order valence-corrected chi connectivity index (χ2v) is 8.39. The highest BCUT2D eigenvalue weighted by atomic mass is 32.1. The molecule has 0 saturated carbocycles. The maximum Gasteiger partial charge on any atom is 0.321 e. The molecule has 1 N–H and O–H groups in total. The second-order valence-electron chi connectivity index (χ2n) is 7.35. The molecular weight excluding hydrogens is 372 g/mol. The third-order valence-corrected chi connectivity index (χ3v) is 6.23. The molecule has 6 nitrogen and oxygen atoms in total. The molecule has 0 spiro atoms. The van der Waals surface area contributed by atoms with Gasteiger partial charge in [-0.15, -0.1) is 11.3 Å². The fourth-order valence-corrected chi connectivity index (χ4v) is 4.51. The fraction of sp³-hybridized carbons (Fsp3) is 0.429. The van der Waals surface area contributed by atoms with Crippen LogP contribution in [-0.4, -0.2) is 65.9 Å². The molecule has 148 valence electrons. The van der Waals surface area contributed by atoms with Crippen LogP contribution in [-0.2, 0) is 6.54 Å². The lowest BCUT2D eigenvalue weighted by Gasteiger charge is -2.34. The van der Waals surface area contributed by atoms with E-state index in [1.165, 1.54) is 4.88 Å². The average molecular weight is 399 g/mol. The van der Waals surface area contributed by atoms with E-state index in [-0.39, 0.29) is 11.9 Å². The van der Waals surface area contributed by atoms with Crippen molar-refractivity contribution >= 4 is 29.0 Å². The van der Waals surface area contributed by atoms with Gasteiger partial charge in [0, 0.05) is 61.9 Å². The van der Waals surface area contributed by atoms with E-state index < -0.39 is 0 Å². The quantitative estimate of drug-likeness (QED) is 0.859. The summed E-state index contributed by atoms with van der Waals surface area (Å²) in [4.78, 5) is 32.7. The Hall–Kier alpha value is -2.38. The minimum atomic E-state index is -0.0958. The Morgan fingerprint density at radius 1 is 0.929 bits per heavy atom. The number of thiophene rings is 1. The first-order chi connectivity index (χ1) is 13.7. The zero-order valence-corrected chi connectivity index (χ0v) is 16.8. The molecule has 1 aromatic carbocycles. The summed E-state index contributed by atoms with van der Waals surface area (Å²) in [6.07, 6.45) is 2.14. The number of carbonyl (C=O) groups is 2. The third kappa shape index (κ3) is 4.54. The molecule has 2 aromatic rings. The number of hydrogen-bond acceptors (Lipinski definition) is 4. The Kier molecular flexibility index (Phi) is 5.92. The molecule has 1 aromatic heterocycles. The lowest BCUT2D eigenvalue weighted by atomic mass is 10.1. The monoisotopic (exact) mass is 398 g/mol. The summed E-state index contributed by atoms with van der Waals surface area (Å²) in [7, 11) is 0. The van der Waals surface area contributed by atoms with Gasteiger partial charge < -0.3 is 15.1 Å². The van der Waals surface area contributed by atoms with Gasteiger partial charge in [-0.05, 0) is 42.5 Å². The van der Waals surface area contributed by atoms with E-state index in [1.807, 2.05) is 28.0 Å². The van der Waals surface area contributed by atoms with E-state index in [0.717, 1.165) is 45.6 Å². The Morgan fingerprint density at radius 2 is 1.71 bits per heavy atom. The summed E-state index contributed by atoms with van der Waals surface area (Å²) < 4.78 is 0. The van der Waals surface area contributed by atoms with E-state index in [4.69, 9.17) is 0 Å². The van der Waals surface area contributed by atoms with Crippen LogP contribution >= 0.6 is 11.3 Å². The van der Waals surface area contributed by atoms with Crippen LogP contribution in [0.3, 0.4) is 0 Å². The molecule has 2 fully saturated rings. The summed E-state index contributed by atoms with van der Waals surface area (Å²) in [5.41, 5.74) is 1.32. The molecule has 0 atom stereocenters. The van der Waals surface area contributed by atoms with Crippen LogP contribution in [0.2, 0.25) is 0 Å². The highest BCUT2D eigenvalue weighted by Gasteiger charge is 2.22. The number of likely N-dealkylation sites (tertiary alicyclic amines) is 1. The van der Waals surface area contributed by atoms with Gasteiger partial charge in [0.1, 0.15) is 0 Å². The summed E-state index contributed by atoms with van der Waals surface area (Å²) >= 11 is 1.77. The van der Waals surface area contributed by atoms with Gasteiger partial charge in [-0.1, -0.05) is 12.1 Å². The number of nitrogens with one attached hydrogen (secondary N) is 1. The van der Waals surface area contributed by atoms with Gasteiger partial charge in [-0.2, -0.15) is 0 Å². The molecule has 0 aliphatic carbocycles. The molecule has 0 unspecified atom stereocenters. The highest BCUT2D eigenvalue weighted by molar-refractivity contribution is 7.09. The van der Waals surface area contributed by atoms with Crippen molar-refractivity contribution in [2.45, 2.75) is 19.4 Å². The first kappa shape index (κ1) is 19.0.